The summed E-state index contributed by atoms with van der Waals surface area (Å²) in [6.45, 7) is 0. The Morgan fingerprint density at radius 1 is 1.36 bits per heavy atom. The first-order chi connectivity index (χ1) is 6.35. The van der Waals surface area contributed by atoms with Gasteiger partial charge >= 0.3 is 12.3 Å². The summed E-state index contributed by atoms with van der Waals surface area (Å²) in [6.07, 6.45) is -3.70. The molecular weight excluding hydrogens is 307 g/mol. The Balaban J connectivity index is 2.89. The first-order valence-corrected chi connectivity index (χ1v) is 5.52. The molecule has 1 aromatic heterocycles. The van der Waals surface area contributed by atoms with E-state index >= 15 is 0 Å². The molecule has 0 aliphatic heterocycles. The molecule has 0 aliphatic rings. The van der Waals surface area contributed by atoms with Crippen molar-refractivity contribution in [3.63, 3.8) is 0 Å². The second-order valence-electron chi connectivity index (χ2n) is 2.48. The van der Waals surface area contributed by atoms with Crippen molar-refractivity contribution in [2.75, 3.05) is 0 Å². The van der Waals surface area contributed by atoms with Crippen LogP contribution in [-0.2, 0) is 0 Å². The zero-order valence-corrected chi connectivity index (χ0v) is 9.64. The molecule has 1 atom stereocenters. The van der Waals surface area contributed by atoms with Gasteiger partial charge in [0.15, 0.2) is 0 Å². The average molecular weight is 312 g/mol. The molecule has 0 aromatic carbocycles. The molecule has 1 aromatic rings. The predicted octanol–water partition coefficient (Wildman–Crippen LogP) is 4.74. The lowest BCUT2D eigenvalue weighted by molar-refractivity contribution is -0.127. The standard InChI is InChI=1S/C7H4BrClF4S/c8-5(7(12,13)6(10)11)3-1-2-4(9)14-3/h1-2,5-6H. The summed E-state index contributed by atoms with van der Waals surface area (Å²) in [6, 6.07) is 2.68. The monoisotopic (exact) mass is 310 g/mol. The van der Waals surface area contributed by atoms with Crippen LogP contribution in [0.15, 0.2) is 12.1 Å². The summed E-state index contributed by atoms with van der Waals surface area (Å²) < 4.78 is 49.8. The molecule has 0 N–H and O–H groups in total. The lowest BCUT2D eigenvalue weighted by Gasteiger charge is -2.19. The van der Waals surface area contributed by atoms with Gasteiger partial charge in [0, 0.05) is 4.88 Å². The summed E-state index contributed by atoms with van der Waals surface area (Å²) in [5.74, 6) is -4.09. The third kappa shape index (κ3) is 2.41. The summed E-state index contributed by atoms with van der Waals surface area (Å²) in [5, 5.41) is 0. The van der Waals surface area contributed by atoms with E-state index in [1.807, 2.05) is 0 Å². The number of hydrogen-bond donors (Lipinski definition) is 0. The summed E-state index contributed by atoms with van der Waals surface area (Å²) in [7, 11) is 0. The molecule has 0 amide bonds. The fraction of sp³-hybridized carbons (Fsp3) is 0.429. The van der Waals surface area contributed by atoms with Crippen molar-refractivity contribution < 1.29 is 17.6 Å². The topological polar surface area (TPSA) is 0 Å². The highest BCUT2D eigenvalue weighted by Crippen LogP contribution is 2.45. The minimum absolute atomic E-state index is 0.0836. The maximum absolute atomic E-state index is 12.8. The largest absolute Gasteiger partial charge is 0.324 e. The Morgan fingerprint density at radius 2 is 1.93 bits per heavy atom. The maximum atomic E-state index is 12.8. The van der Waals surface area contributed by atoms with Gasteiger partial charge in [0.05, 0.1) is 4.34 Å². The van der Waals surface area contributed by atoms with E-state index in [1.54, 1.807) is 0 Å². The molecule has 0 saturated heterocycles. The Labute approximate surface area is 95.0 Å². The summed E-state index contributed by atoms with van der Waals surface area (Å²) in [4.78, 5) is -1.62. The predicted molar refractivity (Wildman–Crippen MR) is 51.9 cm³/mol. The quantitative estimate of drug-likeness (QED) is 0.559. The van der Waals surface area contributed by atoms with Crippen LogP contribution < -0.4 is 0 Å². The first-order valence-electron chi connectivity index (χ1n) is 3.41. The van der Waals surface area contributed by atoms with Crippen LogP contribution in [0.4, 0.5) is 17.6 Å². The molecule has 0 spiro atoms. The van der Waals surface area contributed by atoms with Crippen LogP contribution in [0.25, 0.3) is 0 Å². The van der Waals surface area contributed by atoms with Gasteiger partial charge in [0.25, 0.3) is 0 Å². The third-order valence-electron chi connectivity index (χ3n) is 1.47. The smallest absolute Gasteiger partial charge is 0.204 e. The molecule has 0 saturated carbocycles. The zero-order valence-electron chi connectivity index (χ0n) is 6.49. The molecule has 0 aliphatic carbocycles. The second-order valence-corrected chi connectivity index (χ2v) is 5.14. The van der Waals surface area contributed by atoms with Gasteiger partial charge in [-0.15, -0.1) is 11.3 Å². The number of alkyl halides is 5. The van der Waals surface area contributed by atoms with Gasteiger partial charge in [-0.1, -0.05) is 27.5 Å². The molecule has 1 unspecified atom stereocenters. The van der Waals surface area contributed by atoms with Crippen molar-refractivity contribution in [2.45, 2.75) is 17.2 Å². The van der Waals surface area contributed by atoms with Crippen LogP contribution in [0.3, 0.4) is 0 Å². The van der Waals surface area contributed by atoms with Gasteiger partial charge in [0.2, 0.25) is 0 Å². The fourth-order valence-corrected chi connectivity index (χ4v) is 2.49. The van der Waals surface area contributed by atoms with Crippen LogP contribution in [-0.4, -0.2) is 12.3 Å². The number of hydrogen-bond acceptors (Lipinski definition) is 1. The molecule has 14 heavy (non-hydrogen) atoms. The average Bonchev–Trinajstić information content (AvgIpc) is 2.50. The molecule has 0 fully saturated rings. The highest BCUT2D eigenvalue weighted by atomic mass is 79.9. The van der Waals surface area contributed by atoms with E-state index in [1.165, 1.54) is 12.1 Å². The minimum Gasteiger partial charge on any atom is -0.204 e. The van der Waals surface area contributed by atoms with Gasteiger partial charge in [-0.05, 0) is 12.1 Å². The van der Waals surface area contributed by atoms with Crippen molar-refractivity contribution >= 4 is 38.9 Å². The van der Waals surface area contributed by atoms with Gasteiger partial charge < -0.3 is 0 Å². The Kier molecular flexibility index (Phi) is 3.82. The van der Waals surface area contributed by atoms with Gasteiger partial charge in [-0.25, -0.2) is 8.78 Å². The zero-order chi connectivity index (χ0) is 10.9. The Bertz CT molecular complexity index is 314. The molecule has 1 heterocycles. The van der Waals surface area contributed by atoms with Gasteiger partial charge in [0.1, 0.15) is 4.83 Å². The highest BCUT2D eigenvalue weighted by molar-refractivity contribution is 9.09. The number of rotatable bonds is 3. The second kappa shape index (κ2) is 4.37. The Hall–Kier alpha value is 0.190. The molecular formula is C7H4BrClF4S. The normalized spacial score (nSPS) is 14.8. The molecule has 1 rings (SSSR count). The molecule has 0 nitrogen and oxygen atoms in total. The van der Waals surface area contributed by atoms with E-state index in [0.29, 0.717) is 0 Å². The summed E-state index contributed by atoms with van der Waals surface area (Å²) >= 11 is 8.89. The SMILES string of the molecule is FC(F)C(F)(F)C(Br)c1ccc(Cl)s1. The van der Waals surface area contributed by atoms with Crippen molar-refractivity contribution in [1.29, 1.82) is 0 Å². The first kappa shape index (κ1) is 12.3. The fourth-order valence-electron chi connectivity index (χ4n) is 0.765. The van der Waals surface area contributed by atoms with E-state index in [9.17, 15) is 17.6 Å². The third-order valence-corrected chi connectivity index (χ3v) is 4.18. The van der Waals surface area contributed by atoms with Gasteiger partial charge in [-0.2, -0.15) is 8.78 Å². The lowest BCUT2D eigenvalue weighted by atomic mass is 10.2. The van der Waals surface area contributed by atoms with Crippen molar-refractivity contribution in [1.82, 2.24) is 0 Å². The van der Waals surface area contributed by atoms with E-state index in [4.69, 9.17) is 11.6 Å². The summed E-state index contributed by atoms with van der Waals surface area (Å²) in [5.41, 5.74) is 0. The highest BCUT2D eigenvalue weighted by Gasteiger charge is 2.48. The van der Waals surface area contributed by atoms with Crippen LogP contribution in [0, 0.1) is 0 Å². The van der Waals surface area contributed by atoms with Gasteiger partial charge in [-0.3, -0.25) is 0 Å². The molecule has 0 bridgehead atoms. The van der Waals surface area contributed by atoms with Crippen LogP contribution in [0.5, 0.6) is 0 Å². The van der Waals surface area contributed by atoms with E-state index in [2.05, 4.69) is 15.9 Å². The molecule has 80 valence electrons. The van der Waals surface area contributed by atoms with Crippen LogP contribution in [0.1, 0.15) is 9.70 Å². The van der Waals surface area contributed by atoms with Crippen LogP contribution >= 0.6 is 38.9 Å². The van der Waals surface area contributed by atoms with E-state index in [0.717, 1.165) is 11.3 Å². The lowest BCUT2D eigenvalue weighted by Crippen LogP contribution is -2.30. The van der Waals surface area contributed by atoms with Crippen molar-refractivity contribution in [3.05, 3.63) is 21.3 Å². The maximum Gasteiger partial charge on any atom is 0.324 e. The number of halogens is 6. The number of thiophene rings is 1. The minimum atomic E-state index is -4.09. The van der Waals surface area contributed by atoms with Crippen molar-refractivity contribution in [2.24, 2.45) is 0 Å². The van der Waals surface area contributed by atoms with E-state index in [-0.39, 0.29) is 9.21 Å². The van der Waals surface area contributed by atoms with Crippen LogP contribution in [0.2, 0.25) is 4.34 Å². The molecule has 0 radical (unpaired) electrons. The Morgan fingerprint density at radius 3 is 2.29 bits per heavy atom. The molecule has 7 heteroatoms. The van der Waals surface area contributed by atoms with Crippen molar-refractivity contribution in [3.8, 4) is 0 Å². The van der Waals surface area contributed by atoms with E-state index < -0.39 is 17.2 Å².